The first-order chi connectivity index (χ1) is 13.5. The van der Waals surface area contributed by atoms with Gasteiger partial charge in [-0.25, -0.2) is 14.3 Å². The molecule has 4 rings (SSSR count). The number of aromatic nitrogens is 5. The minimum absolute atomic E-state index is 0.0844. The summed E-state index contributed by atoms with van der Waals surface area (Å²) >= 11 is 0. The van der Waals surface area contributed by atoms with Crippen LogP contribution in [0.25, 0.3) is 0 Å². The van der Waals surface area contributed by atoms with Gasteiger partial charge in [0, 0.05) is 19.0 Å². The van der Waals surface area contributed by atoms with Crippen molar-refractivity contribution in [3.05, 3.63) is 75.7 Å². The summed E-state index contributed by atoms with van der Waals surface area (Å²) < 4.78 is 3.10. The van der Waals surface area contributed by atoms with Gasteiger partial charge in [-0.05, 0) is 25.5 Å². The van der Waals surface area contributed by atoms with Crippen LogP contribution in [0.4, 0.5) is 0 Å². The topological polar surface area (TPSA) is 85.9 Å². The Hall–Kier alpha value is -3.29. The van der Waals surface area contributed by atoms with Crippen LogP contribution in [0.2, 0.25) is 0 Å². The van der Waals surface area contributed by atoms with Crippen LogP contribution >= 0.6 is 0 Å². The minimum atomic E-state index is -0.283. The quantitative estimate of drug-likeness (QED) is 0.683. The number of benzene rings is 1. The van der Waals surface area contributed by atoms with Crippen molar-refractivity contribution in [2.24, 2.45) is 0 Å². The molecule has 144 valence electrons. The van der Waals surface area contributed by atoms with Crippen molar-refractivity contribution in [3.8, 4) is 0 Å². The minimum Gasteiger partial charge on any atom is -0.329 e. The van der Waals surface area contributed by atoms with E-state index in [1.54, 1.807) is 17.9 Å². The van der Waals surface area contributed by atoms with Crippen LogP contribution in [-0.2, 0) is 24.3 Å². The standard InChI is InChI=1S/C20H22N6O2/c1-14-8-9-18(27)26(22-14)13-19(28)24-10-11-25-20(21-15(2)23-25)17(24)12-16-6-4-3-5-7-16/h3-9,17H,10-13H2,1-2H3/t17-/m0/s1. The first-order valence-electron chi connectivity index (χ1n) is 9.31. The predicted octanol–water partition coefficient (Wildman–Crippen LogP) is 1.28. The normalized spacial score (nSPS) is 16.1. The van der Waals surface area contributed by atoms with Crippen LogP contribution in [0.15, 0.2) is 47.3 Å². The van der Waals surface area contributed by atoms with Gasteiger partial charge in [0.25, 0.3) is 5.56 Å². The molecule has 0 saturated carbocycles. The SMILES string of the molecule is Cc1ccc(=O)n(CC(=O)N2CCn3nc(C)nc3[C@@H]2Cc2ccccc2)n1. The maximum absolute atomic E-state index is 13.1. The molecule has 8 heteroatoms. The smallest absolute Gasteiger partial charge is 0.267 e. The summed E-state index contributed by atoms with van der Waals surface area (Å²) in [5.74, 6) is 1.33. The fourth-order valence-electron chi connectivity index (χ4n) is 3.60. The van der Waals surface area contributed by atoms with Crippen LogP contribution in [0.3, 0.4) is 0 Å². The highest BCUT2D eigenvalue weighted by molar-refractivity contribution is 5.76. The number of hydrogen-bond donors (Lipinski definition) is 0. The molecule has 0 N–H and O–H groups in total. The van der Waals surface area contributed by atoms with Gasteiger partial charge in [0.05, 0.1) is 18.3 Å². The molecule has 0 aliphatic carbocycles. The second-order valence-electron chi connectivity index (χ2n) is 7.00. The third kappa shape index (κ3) is 3.58. The number of rotatable bonds is 4. The lowest BCUT2D eigenvalue weighted by molar-refractivity contribution is -0.136. The van der Waals surface area contributed by atoms with Crippen LogP contribution < -0.4 is 5.56 Å². The maximum Gasteiger partial charge on any atom is 0.267 e. The number of amides is 1. The van der Waals surface area contributed by atoms with E-state index in [-0.39, 0.29) is 24.1 Å². The first-order valence-corrected chi connectivity index (χ1v) is 9.31. The van der Waals surface area contributed by atoms with E-state index in [0.29, 0.717) is 31.0 Å². The number of hydrogen-bond acceptors (Lipinski definition) is 5. The van der Waals surface area contributed by atoms with Gasteiger partial charge in [0.2, 0.25) is 5.91 Å². The molecule has 0 spiro atoms. The van der Waals surface area contributed by atoms with E-state index in [9.17, 15) is 9.59 Å². The van der Waals surface area contributed by atoms with Gasteiger partial charge >= 0.3 is 0 Å². The van der Waals surface area contributed by atoms with Gasteiger partial charge in [-0.1, -0.05) is 30.3 Å². The maximum atomic E-state index is 13.1. The van der Waals surface area contributed by atoms with Crippen molar-refractivity contribution < 1.29 is 4.79 Å². The summed E-state index contributed by atoms with van der Waals surface area (Å²) in [5, 5.41) is 8.64. The Kier molecular flexibility index (Phi) is 4.77. The van der Waals surface area contributed by atoms with Gasteiger partial charge in [0.15, 0.2) is 0 Å². The van der Waals surface area contributed by atoms with Crippen molar-refractivity contribution in [1.29, 1.82) is 0 Å². The van der Waals surface area contributed by atoms with Crippen LogP contribution in [0.1, 0.15) is 28.9 Å². The van der Waals surface area contributed by atoms with Gasteiger partial charge in [-0.15, -0.1) is 0 Å². The Balaban J connectivity index is 1.65. The first kappa shape index (κ1) is 18.1. The fraction of sp³-hybridized carbons (Fsp3) is 0.350. The monoisotopic (exact) mass is 378 g/mol. The molecule has 1 aromatic carbocycles. The molecular weight excluding hydrogens is 356 g/mol. The Morgan fingerprint density at radius 1 is 1.07 bits per heavy atom. The summed E-state index contributed by atoms with van der Waals surface area (Å²) in [4.78, 5) is 31.6. The second-order valence-corrected chi connectivity index (χ2v) is 7.00. The molecule has 0 fully saturated rings. The number of nitrogens with zero attached hydrogens (tertiary/aromatic N) is 6. The van der Waals surface area contributed by atoms with E-state index in [4.69, 9.17) is 0 Å². The van der Waals surface area contributed by atoms with E-state index in [1.807, 2.05) is 41.9 Å². The molecule has 1 aliphatic heterocycles. The zero-order valence-electron chi connectivity index (χ0n) is 15.9. The van der Waals surface area contributed by atoms with Crippen molar-refractivity contribution in [3.63, 3.8) is 0 Å². The van der Waals surface area contributed by atoms with Crippen LogP contribution in [-0.4, -0.2) is 41.9 Å². The number of fused-ring (bicyclic) bond motifs is 1. The van der Waals surface area contributed by atoms with Crippen molar-refractivity contribution in [2.45, 2.75) is 39.4 Å². The van der Waals surface area contributed by atoms with Gasteiger partial charge in [-0.2, -0.15) is 10.2 Å². The molecule has 3 aromatic rings. The zero-order valence-corrected chi connectivity index (χ0v) is 15.9. The molecule has 1 amide bonds. The van der Waals surface area contributed by atoms with E-state index in [1.165, 1.54) is 10.7 Å². The summed E-state index contributed by atoms with van der Waals surface area (Å²) in [6, 6.07) is 12.9. The van der Waals surface area contributed by atoms with Crippen molar-refractivity contribution >= 4 is 5.91 Å². The Morgan fingerprint density at radius 3 is 2.64 bits per heavy atom. The summed E-state index contributed by atoms with van der Waals surface area (Å²) in [6.07, 6.45) is 0.640. The Labute approximate surface area is 162 Å². The molecule has 3 heterocycles. The highest BCUT2D eigenvalue weighted by Gasteiger charge is 2.33. The Morgan fingerprint density at radius 2 is 1.86 bits per heavy atom. The predicted molar refractivity (Wildman–Crippen MR) is 103 cm³/mol. The summed E-state index contributed by atoms with van der Waals surface area (Å²) in [7, 11) is 0. The van der Waals surface area contributed by atoms with Gasteiger partial charge in [0.1, 0.15) is 18.2 Å². The average molecular weight is 378 g/mol. The number of aryl methyl sites for hydroxylation is 2. The second kappa shape index (κ2) is 7.38. The highest BCUT2D eigenvalue weighted by Crippen LogP contribution is 2.28. The fourth-order valence-corrected chi connectivity index (χ4v) is 3.60. The molecule has 8 nitrogen and oxygen atoms in total. The summed E-state index contributed by atoms with van der Waals surface area (Å²) in [5.41, 5.74) is 1.53. The molecule has 1 atom stereocenters. The molecule has 1 aliphatic rings. The molecular formula is C20H22N6O2. The van der Waals surface area contributed by atoms with Crippen molar-refractivity contribution in [1.82, 2.24) is 29.4 Å². The third-order valence-corrected chi connectivity index (χ3v) is 4.91. The highest BCUT2D eigenvalue weighted by atomic mass is 16.2. The zero-order chi connectivity index (χ0) is 19.7. The average Bonchev–Trinajstić information content (AvgIpc) is 3.06. The van der Waals surface area contributed by atoms with E-state index in [0.717, 1.165) is 11.4 Å². The van der Waals surface area contributed by atoms with Gasteiger partial charge < -0.3 is 4.90 Å². The lowest BCUT2D eigenvalue weighted by Crippen LogP contribution is -2.46. The van der Waals surface area contributed by atoms with E-state index in [2.05, 4.69) is 15.2 Å². The third-order valence-electron chi connectivity index (χ3n) is 4.91. The van der Waals surface area contributed by atoms with Crippen LogP contribution in [0.5, 0.6) is 0 Å². The van der Waals surface area contributed by atoms with Crippen molar-refractivity contribution in [2.75, 3.05) is 6.54 Å². The van der Waals surface area contributed by atoms with E-state index >= 15 is 0 Å². The van der Waals surface area contributed by atoms with Crippen LogP contribution in [0, 0.1) is 13.8 Å². The molecule has 0 radical (unpaired) electrons. The molecule has 0 unspecified atom stereocenters. The lowest BCUT2D eigenvalue weighted by atomic mass is 10.0. The van der Waals surface area contributed by atoms with E-state index < -0.39 is 0 Å². The molecule has 0 saturated heterocycles. The summed E-state index contributed by atoms with van der Waals surface area (Å²) in [6.45, 7) is 4.67. The molecule has 0 bridgehead atoms. The molecule has 2 aromatic heterocycles. The Bertz CT molecular complexity index is 1060. The largest absolute Gasteiger partial charge is 0.329 e. The lowest BCUT2D eigenvalue weighted by Gasteiger charge is -2.35. The number of carbonyl (C=O) groups excluding carboxylic acids is 1. The number of carbonyl (C=O) groups is 1. The molecule has 28 heavy (non-hydrogen) atoms. The van der Waals surface area contributed by atoms with Gasteiger partial charge in [-0.3, -0.25) is 9.59 Å².